The van der Waals surface area contributed by atoms with Crippen molar-refractivity contribution in [3.63, 3.8) is 0 Å². The third-order valence-electron chi connectivity index (χ3n) is 4.08. The SMILES string of the molecule is Cn1cnc2c(NC3(CC(=O)O)CCCC3)nccc21. The van der Waals surface area contributed by atoms with Gasteiger partial charge >= 0.3 is 5.97 Å². The average molecular weight is 274 g/mol. The second-order valence-corrected chi connectivity index (χ2v) is 5.57. The Morgan fingerprint density at radius 1 is 1.45 bits per heavy atom. The Labute approximate surface area is 116 Å². The molecule has 20 heavy (non-hydrogen) atoms. The van der Waals surface area contributed by atoms with Crippen LogP contribution in [0.1, 0.15) is 32.1 Å². The van der Waals surface area contributed by atoms with Crippen LogP contribution in [-0.4, -0.2) is 31.1 Å². The smallest absolute Gasteiger partial charge is 0.305 e. The highest BCUT2D eigenvalue weighted by Gasteiger charge is 2.36. The van der Waals surface area contributed by atoms with Crippen molar-refractivity contribution in [2.45, 2.75) is 37.6 Å². The van der Waals surface area contributed by atoms with Gasteiger partial charge in [0.15, 0.2) is 5.82 Å². The van der Waals surface area contributed by atoms with Crippen molar-refractivity contribution in [3.05, 3.63) is 18.6 Å². The van der Waals surface area contributed by atoms with E-state index in [1.54, 1.807) is 12.5 Å². The molecular weight excluding hydrogens is 256 g/mol. The van der Waals surface area contributed by atoms with Crippen molar-refractivity contribution >= 4 is 22.8 Å². The zero-order chi connectivity index (χ0) is 14.2. The molecule has 0 aromatic carbocycles. The van der Waals surface area contributed by atoms with Gasteiger partial charge in [0.2, 0.25) is 0 Å². The van der Waals surface area contributed by atoms with E-state index in [2.05, 4.69) is 15.3 Å². The molecule has 1 aliphatic carbocycles. The Bertz CT molecular complexity index is 644. The molecule has 1 fully saturated rings. The van der Waals surface area contributed by atoms with Crippen molar-refractivity contribution in [1.82, 2.24) is 14.5 Å². The van der Waals surface area contributed by atoms with Crippen LogP contribution in [0, 0.1) is 0 Å². The molecule has 0 atom stereocenters. The van der Waals surface area contributed by atoms with Gasteiger partial charge < -0.3 is 15.0 Å². The number of pyridine rings is 1. The van der Waals surface area contributed by atoms with Gasteiger partial charge in [0.05, 0.1) is 18.3 Å². The predicted octanol–water partition coefficient (Wildman–Crippen LogP) is 2.17. The molecule has 0 radical (unpaired) electrons. The van der Waals surface area contributed by atoms with E-state index < -0.39 is 5.97 Å². The first kappa shape index (κ1) is 12.9. The van der Waals surface area contributed by atoms with Crippen molar-refractivity contribution in [3.8, 4) is 0 Å². The molecule has 3 rings (SSSR count). The van der Waals surface area contributed by atoms with Gasteiger partial charge in [-0.1, -0.05) is 12.8 Å². The second-order valence-electron chi connectivity index (χ2n) is 5.57. The van der Waals surface area contributed by atoms with Crippen molar-refractivity contribution in [2.75, 3.05) is 5.32 Å². The molecule has 0 bridgehead atoms. The Balaban J connectivity index is 1.96. The topological polar surface area (TPSA) is 80.0 Å². The fraction of sp³-hybridized carbons (Fsp3) is 0.500. The summed E-state index contributed by atoms with van der Waals surface area (Å²) in [6.07, 6.45) is 7.44. The summed E-state index contributed by atoms with van der Waals surface area (Å²) in [6.45, 7) is 0. The van der Waals surface area contributed by atoms with E-state index >= 15 is 0 Å². The highest BCUT2D eigenvalue weighted by Crippen LogP contribution is 2.36. The van der Waals surface area contributed by atoms with Crippen molar-refractivity contribution in [1.29, 1.82) is 0 Å². The minimum atomic E-state index is -0.771. The van der Waals surface area contributed by atoms with Gasteiger partial charge in [0.1, 0.15) is 5.52 Å². The average Bonchev–Trinajstić information content (AvgIpc) is 2.98. The van der Waals surface area contributed by atoms with Crippen LogP contribution < -0.4 is 5.32 Å². The summed E-state index contributed by atoms with van der Waals surface area (Å²) >= 11 is 0. The van der Waals surface area contributed by atoms with E-state index in [-0.39, 0.29) is 12.0 Å². The molecule has 6 heteroatoms. The lowest BCUT2D eigenvalue weighted by molar-refractivity contribution is -0.138. The number of hydrogen-bond acceptors (Lipinski definition) is 4. The predicted molar refractivity (Wildman–Crippen MR) is 75.6 cm³/mol. The minimum absolute atomic E-state index is 0.123. The lowest BCUT2D eigenvalue weighted by Crippen LogP contribution is -2.38. The number of aryl methyl sites for hydroxylation is 1. The van der Waals surface area contributed by atoms with Crippen LogP contribution in [0.15, 0.2) is 18.6 Å². The number of imidazole rings is 1. The molecule has 2 aromatic rings. The summed E-state index contributed by atoms with van der Waals surface area (Å²) < 4.78 is 1.93. The highest BCUT2D eigenvalue weighted by molar-refractivity contribution is 5.86. The number of aliphatic carboxylic acids is 1. The number of anilines is 1. The fourth-order valence-electron chi connectivity index (χ4n) is 3.09. The lowest BCUT2D eigenvalue weighted by atomic mass is 9.93. The van der Waals surface area contributed by atoms with E-state index in [1.165, 1.54) is 0 Å². The van der Waals surface area contributed by atoms with E-state index in [1.807, 2.05) is 17.7 Å². The number of hydrogen-bond donors (Lipinski definition) is 2. The molecule has 0 saturated heterocycles. The number of rotatable bonds is 4. The van der Waals surface area contributed by atoms with Crippen LogP contribution in [0.4, 0.5) is 5.82 Å². The zero-order valence-corrected chi connectivity index (χ0v) is 11.5. The van der Waals surface area contributed by atoms with Crippen LogP contribution in [0.25, 0.3) is 11.0 Å². The summed E-state index contributed by atoms with van der Waals surface area (Å²) in [5.74, 6) is -0.0844. The minimum Gasteiger partial charge on any atom is -0.481 e. The van der Waals surface area contributed by atoms with Gasteiger partial charge in [0.25, 0.3) is 0 Å². The number of carboxylic acid groups (broad SMARTS) is 1. The molecule has 0 amide bonds. The molecular formula is C14H18N4O2. The molecule has 2 heterocycles. The van der Waals surface area contributed by atoms with E-state index in [9.17, 15) is 4.79 Å². The summed E-state index contributed by atoms with van der Waals surface area (Å²) in [5.41, 5.74) is 1.41. The number of carboxylic acids is 1. The Morgan fingerprint density at radius 3 is 2.90 bits per heavy atom. The molecule has 0 aliphatic heterocycles. The maximum atomic E-state index is 11.1. The van der Waals surface area contributed by atoms with Crippen molar-refractivity contribution in [2.24, 2.45) is 7.05 Å². The normalized spacial score (nSPS) is 17.4. The molecule has 1 aliphatic rings. The number of nitrogens with zero attached hydrogens (tertiary/aromatic N) is 3. The van der Waals surface area contributed by atoms with Gasteiger partial charge in [-0.15, -0.1) is 0 Å². The summed E-state index contributed by atoms with van der Waals surface area (Å²) in [6, 6.07) is 1.91. The van der Waals surface area contributed by atoms with Crippen LogP contribution in [0.3, 0.4) is 0 Å². The third kappa shape index (κ3) is 2.21. The van der Waals surface area contributed by atoms with Crippen molar-refractivity contribution < 1.29 is 9.90 Å². The molecule has 6 nitrogen and oxygen atoms in total. The quantitative estimate of drug-likeness (QED) is 0.893. The molecule has 0 spiro atoms. The van der Waals surface area contributed by atoms with Crippen LogP contribution in [0.5, 0.6) is 0 Å². The van der Waals surface area contributed by atoms with Gasteiger partial charge in [-0.3, -0.25) is 4.79 Å². The van der Waals surface area contributed by atoms with Gasteiger partial charge in [-0.05, 0) is 18.9 Å². The van der Waals surface area contributed by atoms with E-state index in [0.29, 0.717) is 5.82 Å². The maximum absolute atomic E-state index is 11.1. The number of nitrogens with one attached hydrogen (secondary N) is 1. The lowest BCUT2D eigenvalue weighted by Gasteiger charge is -2.29. The standard InChI is InChI=1S/C14H18N4O2/c1-18-9-16-12-10(18)4-7-15-13(12)17-14(8-11(19)20)5-2-3-6-14/h4,7,9H,2-3,5-6,8H2,1H3,(H,15,17)(H,19,20). The fourth-order valence-corrected chi connectivity index (χ4v) is 3.09. The summed E-state index contributed by atoms with van der Waals surface area (Å²) in [5, 5.41) is 12.5. The highest BCUT2D eigenvalue weighted by atomic mass is 16.4. The Kier molecular flexibility index (Phi) is 3.08. The largest absolute Gasteiger partial charge is 0.481 e. The number of carbonyl (C=O) groups is 1. The van der Waals surface area contributed by atoms with Crippen LogP contribution >= 0.6 is 0 Å². The molecule has 1 saturated carbocycles. The van der Waals surface area contributed by atoms with Crippen LogP contribution in [0.2, 0.25) is 0 Å². The monoisotopic (exact) mass is 274 g/mol. The van der Waals surface area contributed by atoms with E-state index in [4.69, 9.17) is 5.11 Å². The molecule has 106 valence electrons. The maximum Gasteiger partial charge on any atom is 0.305 e. The third-order valence-corrected chi connectivity index (χ3v) is 4.08. The van der Waals surface area contributed by atoms with Gasteiger partial charge in [0, 0.05) is 18.8 Å². The Morgan fingerprint density at radius 2 is 2.20 bits per heavy atom. The molecule has 0 unspecified atom stereocenters. The first-order valence-electron chi connectivity index (χ1n) is 6.86. The molecule has 2 aromatic heterocycles. The van der Waals surface area contributed by atoms with E-state index in [0.717, 1.165) is 36.7 Å². The number of aromatic nitrogens is 3. The zero-order valence-electron chi connectivity index (χ0n) is 11.5. The van der Waals surface area contributed by atoms with Crippen LogP contribution in [-0.2, 0) is 11.8 Å². The first-order chi connectivity index (χ1) is 9.60. The van der Waals surface area contributed by atoms with Gasteiger partial charge in [-0.25, -0.2) is 9.97 Å². The number of fused-ring (bicyclic) bond motifs is 1. The Hall–Kier alpha value is -2.11. The summed E-state index contributed by atoms with van der Waals surface area (Å²) in [7, 11) is 1.93. The first-order valence-corrected chi connectivity index (χ1v) is 6.86. The summed E-state index contributed by atoms with van der Waals surface area (Å²) in [4.78, 5) is 19.9. The molecule has 2 N–H and O–H groups in total. The second kappa shape index (κ2) is 4.77. The van der Waals surface area contributed by atoms with Gasteiger partial charge in [-0.2, -0.15) is 0 Å².